The van der Waals surface area contributed by atoms with Gasteiger partial charge in [0.1, 0.15) is 11.5 Å². The van der Waals surface area contributed by atoms with E-state index >= 15 is 0 Å². The molecule has 24 heavy (non-hydrogen) atoms. The van der Waals surface area contributed by atoms with E-state index in [4.69, 9.17) is 10.5 Å². The van der Waals surface area contributed by atoms with E-state index in [2.05, 4.69) is 20.8 Å². The highest BCUT2D eigenvalue weighted by Crippen LogP contribution is 2.44. The molecule has 4 nitrogen and oxygen atoms in total. The second kappa shape index (κ2) is 6.88. The molecule has 1 aromatic rings. The molecule has 0 aliphatic heterocycles. The first-order valence-electron chi connectivity index (χ1n) is 8.62. The molecule has 0 aromatic heterocycles. The van der Waals surface area contributed by atoms with Crippen molar-refractivity contribution in [2.24, 2.45) is 5.73 Å². The van der Waals surface area contributed by atoms with E-state index in [1.54, 1.807) is 0 Å². The van der Waals surface area contributed by atoms with Crippen molar-refractivity contribution in [3.63, 3.8) is 0 Å². The summed E-state index contributed by atoms with van der Waals surface area (Å²) in [4.78, 5) is 11.5. The minimum Gasteiger partial charge on any atom is -0.508 e. The summed E-state index contributed by atoms with van der Waals surface area (Å²) in [6, 6.07) is 3.85. The third kappa shape index (κ3) is 4.11. The highest BCUT2D eigenvalue weighted by molar-refractivity contribution is 5.92. The molecular formula is C20H29NO3. The number of rotatable bonds is 4. The SMILES string of the molecule is CC(C)Oc1cc(C(C)(C)C)cc(O)c1[C@H]1CCC=C(C(N)=O)C1. The Balaban J connectivity index is 2.48. The molecule has 1 aromatic carbocycles. The lowest BCUT2D eigenvalue weighted by molar-refractivity contribution is -0.114. The van der Waals surface area contributed by atoms with Crippen LogP contribution in [0.2, 0.25) is 0 Å². The van der Waals surface area contributed by atoms with Gasteiger partial charge in [-0.05, 0) is 62.1 Å². The maximum atomic E-state index is 11.5. The van der Waals surface area contributed by atoms with Crippen molar-refractivity contribution in [3.05, 3.63) is 34.9 Å². The van der Waals surface area contributed by atoms with Crippen LogP contribution in [-0.4, -0.2) is 17.1 Å². The quantitative estimate of drug-likeness (QED) is 0.870. The number of phenols is 1. The summed E-state index contributed by atoms with van der Waals surface area (Å²) in [5, 5.41) is 10.7. The van der Waals surface area contributed by atoms with Gasteiger partial charge in [0.2, 0.25) is 5.91 Å². The Kier molecular flexibility index (Phi) is 5.26. The molecule has 3 N–H and O–H groups in total. The van der Waals surface area contributed by atoms with Gasteiger partial charge in [0.25, 0.3) is 0 Å². The molecule has 1 aliphatic carbocycles. The van der Waals surface area contributed by atoms with Crippen LogP contribution >= 0.6 is 0 Å². The first kappa shape index (κ1) is 18.4. The average molecular weight is 331 g/mol. The highest BCUT2D eigenvalue weighted by atomic mass is 16.5. The van der Waals surface area contributed by atoms with Gasteiger partial charge in [0.15, 0.2) is 0 Å². The van der Waals surface area contributed by atoms with Gasteiger partial charge in [-0.3, -0.25) is 4.79 Å². The van der Waals surface area contributed by atoms with Crippen LogP contribution < -0.4 is 10.5 Å². The second-order valence-electron chi connectivity index (χ2n) is 7.90. The van der Waals surface area contributed by atoms with Crippen molar-refractivity contribution >= 4 is 5.91 Å². The zero-order chi connectivity index (χ0) is 18.1. The summed E-state index contributed by atoms with van der Waals surface area (Å²) in [6.07, 6.45) is 4.11. The number of ether oxygens (including phenoxy) is 1. The third-order valence-corrected chi connectivity index (χ3v) is 4.45. The predicted octanol–water partition coefficient (Wildman–Crippen LogP) is 4.16. The van der Waals surface area contributed by atoms with Crippen LogP contribution in [0.3, 0.4) is 0 Å². The number of allylic oxidation sites excluding steroid dienone is 1. The molecule has 1 amide bonds. The predicted molar refractivity (Wildman–Crippen MR) is 96.4 cm³/mol. The van der Waals surface area contributed by atoms with Crippen LogP contribution in [0.5, 0.6) is 11.5 Å². The van der Waals surface area contributed by atoms with E-state index in [0.29, 0.717) is 17.7 Å². The summed E-state index contributed by atoms with van der Waals surface area (Å²) >= 11 is 0. The Morgan fingerprint density at radius 2 is 2.00 bits per heavy atom. The molecule has 0 saturated carbocycles. The summed E-state index contributed by atoms with van der Waals surface area (Å²) in [5.74, 6) is 0.622. The fourth-order valence-electron chi connectivity index (χ4n) is 3.16. The number of carbonyl (C=O) groups excluding carboxylic acids is 1. The maximum Gasteiger partial charge on any atom is 0.244 e. The zero-order valence-corrected chi connectivity index (χ0v) is 15.3. The minimum atomic E-state index is -0.378. The number of amides is 1. The standard InChI is InChI=1S/C20H29NO3/c1-12(2)24-17-11-15(20(3,4)5)10-16(22)18(17)13-7-6-8-14(9-13)19(21)23/h8,10-13,22H,6-7,9H2,1-5H3,(H2,21,23)/t13-/m0/s1. The smallest absolute Gasteiger partial charge is 0.244 e. The lowest BCUT2D eigenvalue weighted by Crippen LogP contribution is -2.20. The van der Waals surface area contributed by atoms with Gasteiger partial charge in [-0.2, -0.15) is 0 Å². The summed E-state index contributed by atoms with van der Waals surface area (Å²) in [6.45, 7) is 10.3. The molecule has 0 heterocycles. The molecule has 0 spiro atoms. The van der Waals surface area contributed by atoms with Gasteiger partial charge in [0, 0.05) is 11.1 Å². The Morgan fingerprint density at radius 3 is 2.54 bits per heavy atom. The lowest BCUT2D eigenvalue weighted by Gasteiger charge is -2.28. The molecule has 132 valence electrons. The van der Waals surface area contributed by atoms with E-state index in [-0.39, 0.29) is 29.1 Å². The third-order valence-electron chi connectivity index (χ3n) is 4.45. The molecular weight excluding hydrogens is 302 g/mol. The zero-order valence-electron chi connectivity index (χ0n) is 15.3. The number of benzene rings is 1. The Labute approximate surface area is 144 Å². The minimum absolute atomic E-state index is 0.00751. The lowest BCUT2D eigenvalue weighted by atomic mass is 9.80. The van der Waals surface area contributed by atoms with Gasteiger partial charge in [-0.1, -0.05) is 26.8 Å². The van der Waals surface area contributed by atoms with Crippen LogP contribution in [0.25, 0.3) is 0 Å². The van der Waals surface area contributed by atoms with E-state index in [9.17, 15) is 9.90 Å². The monoisotopic (exact) mass is 331 g/mol. The molecule has 4 heteroatoms. The first-order chi connectivity index (χ1) is 11.1. The van der Waals surface area contributed by atoms with E-state index in [1.807, 2.05) is 32.1 Å². The average Bonchev–Trinajstić information content (AvgIpc) is 2.45. The van der Waals surface area contributed by atoms with Crippen LogP contribution in [0.15, 0.2) is 23.8 Å². The molecule has 0 unspecified atom stereocenters. The Hall–Kier alpha value is -1.97. The van der Waals surface area contributed by atoms with Gasteiger partial charge in [0.05, 0.1) is 6.10 Å². The number of nitrogens with two attached hydrogens (primary N) is 1. The fourth-order valence-corrected chi connectivity index (χ4v) is 3.16. The van der Waals surface area contributed by atoms with Crippen molar-refractivity contribution < 1.29 is 14.6 Å². The molecule has 0 saturated heterocycles. The summed E-state index contributed by atoms with van der Waals surface area (Å²) in [7, 11) is 0. The molecule has 2 rings (SSSR count). The van der Waals surface area contributed by atoms with Crippen molar-refractivity contribution in [2.75, 3.05) is 0 Å². The molecule has 1 aliphatic rings. The van der Waals surface area contributed by atoms with Gasteiger partial charge in [-0.15, -0.1) is 0 Å². The number of hydrogen-bond donors (Lipinski definition) is 2. The van der Waals surface area contributed by atoms with Crippen LogP contribution in [0, 0.1) is 0 Å². The van der Waals surface area contributed by atoms with E-state index in [0.717, 1.165) is 24.0 Å². The molecule has 0 radical (unpaired) electrons. The Morgan fingerprint density at radius 1 is 1.33 bits per heavy atom. The Bertz CT molecular complexity index is 654. The van der Waals surface area contributed by atoms with E-state index in [1.165, 1.54) is 0 Å². The van der Waals surface area contributed by atoms with Gasteiger partial charge in [-0.25, -0.2) is 0 Å². The number of carbonyl (C=O) groups is 1. The largest absolute Gasteiger partial charge is 0.508 e. The van der Waals surface area contributed by atoms with Crippen molar-refractivity contribution in [3.8, 4) is 11.5 Å². The number of phenolic OH excluding ortho intramolecular Hbond substituents is 1. The highest BCUT2D eigenvalue weighted by Gasteiger charge is 2.28. The molecule has 1 atom stereocenters. The van der Waals surface area contributed by atoms with Crippen molar-refractivity contribution in [1.82, 2.24) is 0 Å². The number of hydrogen-bond acceptors (Lipinski definition) is 3. The topological polar surface area (TPSA) is 72.6 Å². The summed E-state index contributed by atoms with van der Waals surface area (Å²) in [5.41, 5.74) is 7.82. The van der Waals surface area contributed by atoms with Crippen molar-refractivity contribution in [2.45, 2.75) is 71.3 Å². The fraction of sp³-hybridized carbons (Fsp3) is 0.550. The number of primary amides is 1. The van der Waals surface area contributed by atoms with Gasteiger partial charge >= 0.3 is 0 Å². The van der Waals surface area contributed by atoms with E-state index < -0.39 is 0 Å². The molecule has 0 bridgehead atoms. The van der Waals surface area contributed by atoms with Crippen LogP contribution in [0.4, 0.5) is 0 Å². The summed E-state index contributed by atoms with van der Waals surface area (Å²) < 4.78 is 6.02. The first-order valence-corrected chi connectivity index (χ1v) is 8.62. The second-order valence-corrected chi connectivity index (χ2v) is 7.90. The number of aromatic hydroxyl groups is 1. The molecule has 0 fully saturated rings. The van der Waals surface area contributed by atoms with Gasteiger partial charge < -0.3 is 15.6 Å². The van der Waals surface area contributed by atoms with Crippen LogP contribution in [-0.2, 0) is 10.2 Å². The van der Waals surface area contributed by atoms with Crippen molar-refractivity contribution in [1.29, 1.82) is 0 Å². The normalized spacial score (nSPS) is 18.4. The maximum absolute atomic E-state index is 11.5. The van der Waals surface area contributed by atoms with Crippen LogP contribution in [0.1, 0.15) is 70.9 Å².